The summed E-state index contributed by atoms with van der Waals surface area (Å²) in [5.74, 6) is -39.9. The van der Waals surface area contributed by atoms with Crippen LogP contribution in [0.2, 0.25) is 0 Å². The van der Waals surface area contributed by atoms with Gasteiger partial charge < -0.3 is 0 Å². The Hall–Kier alpha value is -2.78. The van der Waals surface area contributed by atoms with E-state index in [4.69, 9.17) is 0 Å². The minimum Gasteiger partial charge on any atom is -0.224 e. The molecular formula is C22H15F13O2S. The van der Waals surface area contributed by atoms with E-state index in [-0.39, 0.29) is 0 Å². The van der Waals surface area contributed by atoms with Gasteiger partial charge in [0.05, 0.1) is 10.6 Å². The normalized spacial score (nSPS) is 14.4. The zero-order valence-electron chi connectivity index (χ0n) is 18.5. The van der Waals surface area contributed by atoms with Crippen molar-refractivity contribution < 1.29 is 65.5 Å². The summed E-state index contributed by atoms with van der Waals surface area (Å²) >= 11 is 0. The van der Waals surface area contributed by atoms with E-state index in [1.165, 1.54) is 6.08 Å². The first-order valence-electron chi connectivity index (χ1n) is 9.98. The molecule has 0 atom stereocenters. The highest BCUT2D eigenvalue weighted by Crippen LogP contribution is 2.60. The number of hydrogen-bond donors (Lipinski definition) is 0. The number of halogens is 13. The second-order valence-electron chi connectivity index (χ2n) is 7.92. The van der Waals surface area contributed by atoms with Crippen molar-refractivity contribution in [3.05, 3.63) is 60.7 Å². The third kappa shape index (κ3) is 5.23. The minimum atomic E-state index is -8.04. The molecule has 0 radical (unpaired) electrons. The van der Waals surface area contributed by atoms with Gasteiger partial charge in [0.25, 0.3) is 0 Å². The lowest BCUT2D eigenvalue weighted by atomic mass is 9.93. The summed E-state index contributed by atoms with van der Waals surface area (Å²) in [4.78, 5) is -0.788. The molecule has 2 aromatic rings. The minimum absolute atomic E-state index is 0.392. The smallest absolute Gasteiger partial charge is 0.224 e. The SMILES string of the molecule is C=Cc1ccc(-c2ccc(S(=O)(=O)CCC(F)(F)C(F)(F)C(F)(F)C(F)(F)C(F)(F)C(F)(F)F)cc2)cc1. The highest BCUT2D eigenvalue weighted by atomic mass is 32.2. The van der Waals surface area contributed by atoms with Gasteiger partial charge in [-0.1, -0.05) is 49.1 Å². The second-order valence-corrected chi connectivity index (χ2v) is 10.0. The number of hydrogen-bond acceptors (Lipinski definition) is 2. The van der Waals surface area contributed by atoms with Crippen LogP contribution in [0.1, 0.15) is 12.0 Å². The maximum absolute atomic E-state index is 13.9. The molecule has 0 fully saturated rings. The van der Waals surface area contributed by atoms with Gasteiger partial charge in [-0.15, -0.1) is 0 Å². The molecule has 16 heteroatoms. The standard InChI is InChI=1S/C22H15F13O2S/c1-2-13-3-5-14(6-4-13)15-7-9-16(10-8-15)38(36,37)12-11-17(23,24)18(25,26)19(27,28)20(29,30)21(31,32)22(33,34)35/h2-10H,1,11-12H2. The van der Waals surface area contributed by atoms with Crippen molar-refractivity contribution in [3.63, 3.8) is 0 Å². The Bertz CT molecular complexity index is 1250. The first-order chi connectivity index (χ1) is 17.0. The van der Waals surface area contributed by atoms with Gasteiger partial charge in [0.15, 0.2) is 9.84 Å². The molecular weight excluding hydrogens is 575 g/mol. The predicted molar refractivity (Wildman–Crippen MR) is 109 cm³/mol. The molecule has 0 aliphatic rings. The van der Waals surface area contributed by atoms with Crippen LogP contribution in [-0.4, -0.2) is 50.0 Å². The Morgan fingerprint density at radius 3 is 1.39 bits per heavy atom. The van der Waals surface area contributed by atoms with Crippen molar-refractivity contribution >= 4 is 15.9 Å². The van der Waals surface area contributed by atoms with Crippen LogP contribution in [0.5, 0.6) is 0 Å². The van der Waals surface area contributed by atoms with Crippen molar-refractivity contribution in [1.82, 2.24) is 0 Å². The average molecular weight is 590 g/mol. The van der Waals surface area contributed by atoms with Crippen LogP contribution < -0.4 is 0 Å². The van der Waals surface area contributed by atoms with Gasteiger partial charge in [0.1, 0.15) is 0 Å². The van der Waals surface area contributed by atoms with Crippen LogP contribution in [0.25, 0.3) is 17.2 Å². The average Bonchev–Trinajstić information content (AvgIpc) is 2.82. The van der Waals surface area contributed by atoms with Crippen molar-refractivity contribution in [2.45, 2.75) is 47.1 Å². The Labute approximate surface area is 206 Å². The molecule has 0 aromatic heterocycles. The topological polar surface area (TPSA) is 34.1 Å². The van der Waals surface area contributed by atoms with Gasteiger partial charge in [0.2, 0.25) is 0 Å². The summed E-state index contributed by atoms with van der Waals surface area (Å²) in [6.07, 6.45) is -8.82. The summed E-state index contributed by atoms with van der Waals surface area (Å²) in [5, 5.41) is 0. The van der Waals surface area contributed by atoms with E-state index in [1.54, 1.807) is 24.3 Å². The second kappa shape index (κ2) is 9.75. The Morgan fingerprint density at radius 2 is 1.00 bits per heavy atom. The fourth-order valence-electron chi connectivity index (χ4n) is 3.01. The highest BCUT2D eigenvalue weighted by Gasteiger charge is 2.90. The van der Waals surface area contributed by atoms with Crippen LogP contribution in [0.4, 0.5) is 57.1 Å². The largest absolute Gasteiger partial charge is 0.460 e. The molecule has 0 N–H and O–H groups in total. The number of benzene rings is 2. The third-order valence-electron chi connectivity index (χ3n) is 5.38. The van der Waals surface area contributed by atoms with Crippen molar-refractivity contribution in [3.8, 4) is 11.1 Å². The van der Waals surface area contributed by atoms with Gasteiger partial charge in [0, 0.05) is 6.42 Å². The number of rotatable bonds is 10. The van der Waals surface area contributed by atoms with Crippen molar-refractivity contribution in [1.29, 1.82) is 0 Å². The summed E-state index contributed by atoms with van der Waals surface area (Å²) in [7, 11) is -4.98. The molecule has 0 saturated heterocycles. The van der Waals surface area contributed by atoms with E-state index in [1.807, 2.05) is 0 Å². The molecule has 0 aliphatic heterocycles. The molecule has 38 heavy (non-hydrogen) atoms. The fraction of sp³-hybridized carbons (Fsp3) is 0.364. The molecule has 2 rings (SSSR count). The van der Waals surface area contributed by atoms with Crippen LogP contribution in [-0.2, 0) is 9.84 Å². The quantitative estimate of drug-likeness (QED) is 0.264. The lowest BCUT2D eigenvalue weighted by Gasteiger charge is -2.39. The molecule has 2 aromatic carbocycles. The van der Waals surface area contributed by atoms with E-state index < -0.39 is 62.7 Å². The van der Waals surface area contributed by atoms with Gasteiger partial charge in [-0.2, -0.15) is 57.1 Å². The predicted octanol–water partition coefficient (Wildman–Crippen LogP) is 7.90. The van der Waals surface area contributed by atoms with Crippen LogP contribution in [0.15, 0.2) is 60.0 Å². The van der Waals surface area contributed by atoms with E-state index in [9.17, 15) is 65.5 Å². The molecule has 0 bridgehead atoms. The summed E-state index contributed by atoms with van der Waals surface area (Å²) in [6, 6.07) is 10.5. The first-order valence-corrected chi connectivity index (χ1v) is 11.6. The number of sulfone groups is 1. The van der Waals surface area contributed by atoms with E-state index >= 15 is 0 Å². The van der Waals surface area contributed by atoms with E-state index in [0.717, 1.165) is 29.8 Å². The first kappa shape index (κ1) is 31.4. The molecule has 2 nitrogen and oxygen atoms in total. The van der Waals surface area contributed by atoms with Crippen molar-refractivity contribution in [2.24, 2.45) is 0 Å². The molecule has 0 aliphatic carbocycles. The summed E-state index contributed by atoms with van der Waals surface area (Å²) < 4.78 is 196. The Balaban J connectivity index is 2.29. The van der Waals surface area contributed by atoms with Crippen LogP contribution >= 0.6 is 0 Å². The van der Waals surface area contributed by atoms with Gasteiger partial charge in [-0.25, -0.2) is 8.42 Å². The van der Waals surface area contributed by atoms with Gasteiger partial charge >= 0.3 is 35.8 Å². The lowest BCUT2D eigenvalue weighted by Crippen LogP contribution is -2.70. The number of alkyl halides is 13. The summed E-state index contributed by atoms with van der Waals surface area (Å²) in [5.41, 5.74) is 1.67. The van der Waals surface area contributed by atoms with Crippen LogP contribution in [0.3, 0.4) is 0 Å². The third-order valence-corrected chi connectivity index (χ3v) is 7.11. The van der Waals surface area contributed by atoms with Gasteiger partial charge in [-0.05, 0) is 28.8 Å². The Morgan fingerprint density at radius 1 is 0.605 bits per heavy atom. The molecule has 0 saturated carbocycles. The molecule has 0 amide bonds. The Kier molecular flexibility index (Phi) is 8.07. The van der Waals surface area contributed by atoms with Crippen LogP contribution in [0, 0.1) is 0 Å². The zero-order chi connectivity index (χ0) is 29.6. The van der Waals surface area contributed by atoms with Gasteiger partial charge in [-0.3, -0.25) is 0 Å². The summed E-state index contributed by atoms with van der Waals surface area (Å²) in [6.45, 7) is 3.54. The molecule has 212 valence electrons. The molecule has 0 heterocycles. The van der Waals surface area contributed by atoms with E-state index in [2.05, 4.69) is 6.58 Å². The monoisotopic (exact) mass is 590 g/mol. The molecule has 0 spiro atoms. The maximum atomic E-state index is 13.9. The zero-order valence-corrected chi connectivity index (χ0v) is 19.3. The maximum Gasteiger partial charge on any atom is 0.460 e. The van der Waals surface area contributed by atoms with E-state index in [0.29, 0.717) is 11.1 Å². The highest BCUT2D eigenvalue weighted by molar-refractivity contribution is 7.91. The van der Waals surface area contributed by atoms with Crippen molar-refractivity contribution in [2.75, 3.05) is 5.75 Å². The fourth-order valence-corrected chi connectivity index (χ4v) is 4.32. The molecule has 0 unspecified atom stereocenters. The lowest BCUT2D eigenvalue weighted by molar-refractivity contribution is -0.439.